The van der Waals surface area contributed by atoms with E-state index in [1.807, 2.05) is 32.9 Å². The van der Waals surface area contributed by atoms with Crippen LogP contribution in [0.5, 0.6) is 0 Å². The molecule has 1 amide bonds. The molecule has 102 valence electrons. The molecule has 0 aliphatic carbocycles. The Labute approximate surface area is 120 Å². The predicted octanol–water partition coefficient (Wildman–Crippen LogP) is 3.24. The van der Waals surface area contributed by atoms with E-state index in [0.29, 0.717) is 6.54 Å². The molecule has 0 saturated heterocycles. The first-order chi connectivity index (χ1) is 8.31. The minimum Gasteiger partial charge on any atom is -0.444 e. The minimum absolute atomic E-state index is 0.0776. The second-order valence-corrected chi connectivity index (χ2v) is 7.38. The fourth-order valence-electron chi connectivity index (χ4n) is 1.31. The van der Waals surface area contributed by atoms with Gasteiger partial charge >= 0.3 is 6.09 Å². The summed E-state index contributed by atoms with van der Waals surface area (Å²) in [5.41, 5.74) is -0.527. The lowest BCUT2D eigenvalue weighted by molar-refractivity contribution is 0.0203. The van der Waals surface area contributed by atoms with Crippen molar-refractivity contribution in [2.75, 3.05) is 13.2 Å². The zero-order valence-electron chi connectivity index (χ0n) is 10.8. The van der Waals surface area contributed by atoms with Crippen LogP contribution < -0.4 is 0 Å². The predicted molar refractivity (Wildman–Crippen MR) is 75.7 cm³/mol. The second kappa shape index (κ2) is 6.54. The van der Waals surface area contributed by atoms with Gasteiger partial charge in [0.25, 0.3) is 0 Å². The quantitative estimate of drug-likeness (QED) is 0.918. The summed E-state index contributed by atoms with van der Waals surface area (Å²) in [5, 5.41) is 9.01. The number of carbonyl (C=O) groups is 1. The summed E-state index contributed by atoms with van der Waals surface area (Å²) in [6.07, 6.45) is -0.402. The molecule has 0 aliphatic rings. The Morgan fingerprint density at radius 3 is 2.61 bits per heavy atom. The normalized spacial score (nSPS) is 11.4. The van der Waals surface area contributed by atoms with Gasteiger partial charge in [0.05, 0.1) is 16.9 Å². The molecule has 6 heteroatoms. The van der Waals surface area contributed by atoms with E-state index >= 15 is 0 Å². The number of hydrogen-bond acceptors (Lipinski definition) is 4. The van der Waals surface area contributed by atoms with E-state index in [-0.39, 0.29) is 13.2 Å². The van der Waals surface area contributed by atoms with Gasteiger partial charge < -0.3 is 14.7 Å². The van der Waals surface area contributed by atoms with Gasteiger partial charge in [-0.3, -0.25) is 0 Å². The van der Waals surface area contributed by atoms with Crippen LogP contribution in [0.1, 0.15) is 25.6 Å². The molecule has 1 aromatic rings. The van der Waals surface area contributed by atoms with Crippen molar-refractivity contribution in [2.45, 2.75) is 32.9 Å². The smallest absolute Gasteiger partial charge is 0.410 e. The van der Waals surface area contributed by atoms with Crippen LogP contribution in [0.3, 0.4) is 0 Å². The maximum absolute atomic E-state index is 11.9. The second-order valence-electron chi connectivity index (χ2n) is 4.83. The Bertz CT molecular complexity index is 400. The number of aliphatic hydroxyl groups is 1. The van der Waals surface area contributed by atoms with Crippen molar-refractivity contribution in [1.29, 1.82) is 0 Å². The molecular formula is C12H18BrNO3S. The standard InChI is InChI=1S/C12H18BrNO3S/c1-12(2,3)17-11(16)14(6-7-15)8-9-4-5-10(13)18-9/h4-5,15H,6-8H2,1-3H3. The summed E-state index contributed by atoms with van der Waals surface area (Å²) in [7, 11) is 0. The number of carbonyl (C=O) groups excluding carboxylic acids is 1. The summed E-state index contributed by atoms with van der Waals surface area (Å²) in [6, 6.07) is 3.88. The van der Waals surface area contributed by atoms with Gasteiger partial charge in [-0.15, -0.1) is 11.3 Å². The zero-order chi connectivity index (χ0) is 13.8. The van der Waals surface area contributed by atoms with Gasteiger partial charge in [-0.2, -0.15) is 0 Å². The first kappa shape index (κ1) is 15.5. The summed E-state index contributed by atoms with van der Waals surface area (Å²) < 4.78 is 6.32. The Hall–Kier alpha value is -0.590. The molecule has 1 heterocycles. The third kappa shape index (κ3) is 5.37. The van der Waals surface area contributed by atoms with Crippen LogP contribution >= 0.6 is 27.3 Å². The SMILES string of the molecule is CC(C)(C)OC(=O)N(CCO)Cc1ccc(Br)s1. The van der Waals surface area contributed by atoms with Crippen molar-refractivity contribution in [3.8, 4) is 0 Å². The maximum Gasteiger partial charge on any atom is 0.410 e. The monoisotopic (exact) mass is 335 g/mol. The van der Waals surface area contributed by atoms with Crippen LogP contribution in [0.15, 0.2) is 15.9 Å². The molecule has 0 unspecified atom stereocenters. The van der Waals surface area contributed by atoms with Crippen LogP contribution in [0.2, 0.25) is 0 Å². The number of rotatable bonds is 4. The number of thiophene rings is 1. The van der Waals surface area contributed by atoms with Gasteiger partial charge in [-0.1, -0.05) is 0 Å². The van der Waals surface area contributed by atoms with E-state index < -0.39 is 11.7 Å². The molecule has 0 saturated carbocycles. The minimum atomic E-state index is -0.527. The molecule has 1 rings (SSSR count). The molecule has 0 atom stereocenters. The van der Waals surface area contributed by atoms with Crippen molar-refractivity contribution >= 4 is 33.4 Å². The van der Waals surface area contributed by atoms with E-state index in [9.17, 15) is 4.79 Å². The maximum atomic E-state index is 11.9. The highest BCUT2D eigenvalue weighted by Gasteiger charge is 2.22. The largest absolute Gasteiger partial charge is 0.444 e. The fraction of sp³-hybridized carbons (Fsp3) is 0.583. The van der Waals surface area contributed by atoms with Crippen molar-refractivity contribution in [2.24, 2.45) is 0 Å². The van der Waals surface area contributed by atoms with E-state index in [1.54, 1.807) is 11.3 Å². The first-order valence-corrected chi connectivity index (χ1v) is 7.26. The topological polar surface area (TPSA) is 49.8 Å². The van der Waals surface area contributed by atoms with Gasteiger partial charge in [0.15, 0.2) is 0 Å². The number of halogens is 1. The first-order valence-electron chi connectivity index (χ1n) is 5.65. The molecule has 1 N–H and O–H groups in total. The Morgan fingerprint density at radius 2 is 2.17 bits per heavy atom. The van der Waals surface area contributed by atoms with Gasteiger partial charge in [0.2, 0.25) is 0 Å². The van der Waals surface area contributed by atoms with Crippen LogP contribution in [0, 0.1) is 0 Å². The number of aliphatic hydroxyl groups excluding tert-OH is 1. The Balaban J connectivity index is 2.67. The fourth-order valence-corrected chi connectivity index (χ4v) is 2.81. The number of nitrogens with zero attached hydrogens (tertiary/aromatic N) is 1. The number of hydrogen-bond donors (Lipinski definition) is 1. The average molecular weight is 336 g/mol. The van der Waals surface area contributed by atoms with Crippen LogP contribution in [-0.2, 0) is 11.3 Å². The molecule has 18 heavy (non-hydrogen) atoms. The van der Waals surface area contributed by atoms with Gasteiger partial charge in [0, 0.05) is 11.4 Å². The van der Waals surface area contributed by atoms with Crippen molar-refractivity contribution in [1.82, 2.24) is 4.90 Å². The molecule has 0 aromatic carbocycles. The summed E-state index contributed by atoms with van der Waals surface area (Å²) in [6.45, 7) is 6.11. The average Bonchev–Trinajstić information content (AvgIpc) is 2.61. The molecular weight excluding hydrogens is 318 g/mol. The van der Waals surface area contributed by atoms with Crippen LogP contribution in [-0.4, -0.2) is 34.9 Å². The van der Waals surface area contributed by atoms with Crippen LogP contribution in [0.25, 0.3) is 0 Å². The van der Waals surface area contributed by atoms with Crippen molar-refractivity contribution in [3.05, 3.63) is 20.8 Å². The molecule has 0 aliphatic heterocycles. The molecule has 0 fully saturated rings. The molecule has 0 radical (unpaired) electrons. The summed E-state index contributed by atoms with van der Waals surface area (Å²) >= 11 is 4.94. The van der Waals surface area contributed by atoms with E-state index in [4.69, 9.17) is 9.84 Å². The number of ether oxygens (including phenoxy) is 1. The molecule has 0 spiro atoms. The van der Waals surface area contributed by atoms with Crippen LogP contribution in [0.4, 0.5) is 4.79 Å². The third-order valence-corrected chi connectivity index (χ3v) is 3.61. The summed E-state index contributed by atoms with van der Waals surface area (Å²) in [4.78, 5) is 14.5. The van der Waals surface area contributed by atoms with E-state index in [2.05, 4.69) is 15.9 Å². The molecule has 1 aromatic heterocycles. The lowest BCUT2D eigenvalue weighted by Crippen LogP contribution is -2.37. The van der Waals surface area contributed by atoms with Gasteiger partial charge in [0.1, 0.15) is 5.60 Å². The lowest BCUT2D eigenvalue weighted by atomic mass is 10.2. The molecule has 0 bridgehead atoms. The van der Waals surface area contributed by atoms with Gasteiger partial charge in [-0.05, 0) is 48.8 Å². The van der Waals surface area contributed by atoms with E-state index in [1.165, 1.54) is 4.90 Å². The highest BCUT2D eigenvalue weighted by molar-refractivity contribution is 9.11. The highest BCUT2D eigenvalue weighted by Crippen LogP contribution is 2.23. The van der Waals surface area contributed by atoms with Crippen molar-refractivity contribution < 1.29 is 14.6 Å². The Kier molecular flexibility index (Phi) is 5.62. The zero-order valence-corrected chi connectivity index (χ0v) is 13.2. The van der Waals surface area contributed by atoms with Gasteiger partial charge in [-0.25, -0.2) is 4.79 Å². The lowest BCUT2D eigenvalue weighted by Gasteiger charge is -2.26. The summed E-state index contributed by atoms with van der Waals surface area (Å²) in [5.74, 6) is 0. The Morgan fingerprint density at radius 1 is 1.50 bits per heavy atom. The molecule has 4 nitrogen and oxygen atoms in total. The number of amides is 1. The van der Waals surface area contributed by atoms with Crippen molar-refractivity contribution in [3.63, 3.8) is 0 Å². The van der Waals surface area contributed by atoms with E-state index in [0.717, 1.165) is 8.66 Å². The third-order valence-electron chi connectivity index (χ3n) is 2.00. The highest BCUT2D eigenvalue weighted by atomic mass is 79.9.